The van der Waals surface area contributed by atoms with E-state index in [0.29, 0.717) is 50.5 Å². The number of hydrogen-bond acceptors (Lipinski definition) is 13. The van der Waals surface area contributed by atoms with Crippen molar-refractivity contribution in [2.45, 2.75) is 186 Å². The fourth-order valence-electron chi connectivity index (χ4n) is 11.6. The number of esters is 1. The Hall–Kier alpha value is -3.63. The standard InChI is InChI=1S/C57H89NO13/c1-16-56-27-20-21-29-58(56)53(62)52(61)57(69-15)42(8)26-28-55(9,71-57)35-48(66-12)37(3)23-19-17-18-22-36(2)30-40(6)49(60)51(68-14)50(67-13)41(7)31-38(4)44(59)34-46(70-54(56)63)39(5)32-43-24-25-45(64-10)47(33-43)65-11/h16-19,22-23,31,36,38-40,42-43,45-48,50-51H,1,20-21,24-30,32-35H2,2-15H3/b19-17+,22-18+,37-23+,41-31+/t36-,38-,39-,40-,42-,43+,45-,46+,47-,48+,50-,51+,55+,56+,57-/m1/s1. The summed E-state index contributed by atoms with van der Waals surface area (Å²) in [6.45, 7) is 19.4. The first kappa shape index (κ1) is 59.9. The van der Waals surface area contributed by atoms with Crippen LogP contribution in [0.1, 0.15) is 132 Å². The number of rotatable bonds is 10. The molecule has 14 nitrogen and oxygen atoms in total. The maximum absolute atomic E-state index is 15.1. The van der Waals surface area contributed by atoms with Crippen LogP contribution in [0.2, 0.25) is 0 Å². The van der Waals surface area contributed by atoms with Crippen LogP contribution in [-0.4, -0.2) is 137 Å². The first-order valence-corrected chi connectivity index (χ1v) is 26.0. The van der Waals surface area contributed by atoms with Gasteiger partial charge in [0.05, 0.1) is 23.9 Å². The van der Waals surface area contributed by atoms with E-state index >= 15 is 4.79 Å². The zero-order valence-corrected chi connectivity index (χ0v) is 45.6. The van der Waals surface area contributed by atoms with Crippen LogP contribution in [0.15, 0.2) is 60.3 Å². The number of methoxy groups -OCH3 is 6. The van der Waals surface area contributed by atoms with Crippen LogP contribution in [-0.2, 0) is 61.9 Å². The summed E-state index contributed by atoms with van der Waals surface area (Å²) in [6, 6.07) is 0. The molecule has 0 radical (unpaired) electrons. The smallest absolute Gasteiger partial charge is 0.336 e. The summed E-state index contributed by atoms with van der Waals surface area (Å²) in [5.74, 6) is -6.44. The van der Waals surface area contributed by atoms with Gasteiger partial charge in [0.2, 0.25) is 5.79 Å². The molecule has 0 aromatic rings. The largest absolute Gasteiger partial charge is 0.460 e. The first-order valence-electron chi connectivity index (χ1n) is 26.0. The molecule has 2 saturated heterocycles. The van der Waals surface area contributed by atoms with Crippen molar-refractivity contribution in [3.8, 4) is 0 Å². The van der Waals surface area contributed by atoms with Crippen molar-refractivity contribution in [2.75, 3.05) is 49.2 Å². The van der Waals surface area contributed by atoms with Crippen molar-refractivity contribution < 1.29 is 61.9 Å². The Labute approximate surface area is 425 Å². The fourth-order valence-corrected chi connectivity index (χ4v) is 11.6. The summed E-state index contributed by atoms with van der Waals surface area (Å²) in [4.78, 5) is 74.9. The van der Waals surface area contributed by atoms with Crippen molar-refractivity contribution in [3.05, 3.63) is 60.3 Å². The van der Waals surface area contributed by atoms with Gasteiger partial charge in [-0.1, -0.05) is 77.2 Å². The zero-order valence-electron chi connectivity index (χ0n) is 45.6. The number of nitrogens with zero attached hydrogens (tertiary/aromatic N) is 1. The van der Waals surface area contributed by atoms with E-state index in [1.54, 1.807) is 34.3 Å². The number of allylic oxidation sites excluding steroid dienone is 6. The van der Waals surface area contributed by atoms with E-state index in [1.165, 1.54) is 32.3 Å². The van der Waals surface area contributed by atoms with Crippen LogP contribution in [0.25, 0.3) is 0 Å². The van der Waals surface area contributed by atoms with Gasteiger partial charge in [0.25, 0.3) is 11.7 Å². The Kier molecular flexibility index (Phi) is 22.8. The molecule has 1 amide bonds. The lowest BCUT2D eigenvalue weighted by Gasteiger charge is -2.50. The van der Waals surface area contributed by atoms with E-state index in [2.05, 4.69) is 19.6 Å². The van der Waals surface area contributed by atoms with Gasteiger partial charge < -0.3 is 42.8 Å². The highest BCUT2D eigenvalue weighted by atomic mass is 16.7. The third-order valence-corrected chi connectivity index (χ3v) is 16.2. The van der Waals surface area contributed by atoms with Crippen molar-refractivity contribution in [1.82, 2.24) is 4.90 Å². The van der Waals surface area contributed by atoms with Crippen LogP contribution in [0.4, 0.5) is 0 Å². The van der Waals surface area contributed by atoms with Gasteiger partial charge >= 0.3 is 5.97 Å². The predicted octanol–water partition coefficient (Wildman–Crippen LogP) is 9.09. The van der Waals surface area contributed by atoms with Crippen LogP contribution >= 0.6 is 0 Å². The molecule has 1 saturated carbocycles. The highest BCUT2D eigenvalue weighted by Gasteiger charge is 2.59. The highest BCUT2D eigenvalue weighted by Crippen LogP contribution is 2.45. The molecule has 0 N–H and O–H groups in total. The maximum atomic E-state index is 15.1. The van der Waals surface area contributed by atoms with Gasteiger partial charge in [-0.25, -0.2) is 4.79 Å². The highest BCUT2D eigenvalue weighted by molar-refractivity contribution is 6.39. The molecule has 15 atom stereocenters. The Morgan fingerprint density at radius 2 is 1.51 bits per heavy atom. The molecule has 0 aromatic heterocycles. The number of Topliss-reactive ketones (excluding diaryl/α,β-unsaturated/α-hetero) is 3. The van der Waals surface area contributed by atoms with E-state index in [-0.39, 0.29) is 66.8 Å². The number of amides is 1. The average molecular weight is 996 g/mol. The van der Waals surface area contributed by atoms with Gasteiger partial charge in [-0.05, 0) is 114 Å². The molecule has 0 unspecified atom stereocenters. The van der Waals surface area contributed by atoms with Crippen molar-refractivity contribution >= 4 is 29.2 Å². The van der Waals surface area contributed by atoms with Gasteiger partial charge in [0.15, 0.2) is 11.3 Å². The molecule has 0 spiro atoms. The summed E-state index contributed by atoms with van der Waals surface area (Å²) in [5, 5.41) is 0. The topological polar surface area (TPSA) is 162 Å². The monoisotopic (exact) mass is 996 g/mol. The van der Waals surface area contributed by atoms with Crippen LogP contribution in [0.5, 0.6) is 0 Å². The summed E-state index contributed by atoms with van der Waals surface area (Å²) < 4.78 is 48.7. The van der Waals surface area contributed by atoms with Gasteiger partial charge in [0, 0.05) is 79.8 Å². The van der Waals surface area contributed by atoms with Crippen molar-refractivity contribution in [3.63, 3.8) is 0 Å². The number of ketones is 3. The Morgan fingerprint density at radius 3 is 2.13 bits per heavy atom. The number of carbonyl (C=O) groups is 5. The second-order valence-electron chi connectivity index (χ2n) is 21.4. The lowest BCUT2D eigenvalue weighted by molar-refractivity contribution is -0.305. The number of hydrogen-bond donors (Lipinski definition) is 0. The van der Waals surface area contributed by atoms with Crippen molar-refractivity contribution in [1.29, 1.82) is 0 Å². The molecule has 2 bridgehead atoms. The van der Waals surface area contributed by atoms with E-state index in [4.69, 9.17) is 37.9 Å². The van der Waals surface area contributed by atoms with Gasteiger partial charge in [-0.2, -0.15) is 0 Å². The third-order valence-electron chi connectivity index (χ3n) is 16.2. The molecule has 400 valence electrons. The molecule has 3 aliphatic heterocycles. The SMILES string of the molecule is C=C[C@@]12CCCCN1C(=O)C(=O)[C@]1(OC)O[C@@](C)(CC[C@H]1C)C[C@H](OC)/C(C)=C/C=C/C=C/[C@@H](C)C[C@@H](C)C(=O)[C@H](OC)[C@H](OC)/C(C)=C/[C@@H](C)C(=O)C[C@@H]([C@H](C)C[C@@H]1CC[C@@H](OC)[C@H](OC)C1)OC2=O. The maximum Gasteiger partial charge on any atom is 0.336 e. The lowest BCUT2D eigenvalue weighted by Crippen LogP contribution is -2.66. The summed E-state index contributed by atoms with van der Waals surface area (Å²) in [5.41, 5.74) is -1.09. The number of carbonyl (C=O) groups excluding carboxylic acids is 5. The molecule has 3 heterocycles. The van der Waals surface area contributed by atoms with Gasteiger partial charge in [0.1, 0.15) is 24.1 Å². The van der Waals surface area contributed by atoms with Crippen LogP contribution < -0.4 is 0 Å². The van der Waals surface area contributed by atoms with E-state index in [0.717, 1.165) is 24.8 Å². The average Bonchev–Trinajstić information content (AvgIpc) is 3.36. The minimum Gasteiger partial charge on any atom is -0.460 e. The first-order chi connectivity index (χ1) is 33.6. The summed E-state index contributed by atoms with van der Waals surface area (Å²) >= 11 is 0. The molecule has 3 fully saturated rings. The molecule has 0 aromatic carbocycles. The molecule has 71 heavy (non-hydrogen) atoms. The molecular formula is C57H89NO13. The normalized spacial score (nSPS) is 40.1. The van der Waals surface area contributed by atoms with Crippen molar-refractivity contribution in [2.24, 2.45) is 35.5 Å². The number of cyclic esters (lactones) is 1. The second-order valence-corrected chi connectivity index (χ2v) is 21.4. The Morgan fingerprint density at radius 1 is 0.817 bits per heavy atom. The van der Waals surface area contributed by atoms with E-state index in [1.807, 2.05) is 65.8 Å². The minimum absolute atomic E-state index is 0.0331. The summed E-state index contributed by atoms with van der Waals surface area (Å²) in [6.07, 6.45) is 16.1. The number of ether oxygens (including phenoxy) is 8. The summed E-state index contributed by atoms with van der Waals surface area (Å²) in [7, 11) is 9.39. The molecular weight excluding hydrogens is 907 g/mol. The Balaban J connectivity index is 1.82. The lowest BCUT2D eigenvalue weighted by atomic mass is 9.78. The van der Waals surface area contributed by atoms with Crippen LogP contribution in [0.3, 0.4) is 0 Å². The minimum atomic E-state index is -1.96. The molecule has 4 aliphatic rings. The Bertz CT molecular complexity index is 1960. The number of piperidine rings is 1. The zero-order chi connectivity index (χ0) is 52.8. The quantitative estimate of drug-likeness (QED) is 0.116. The second kappa shape index (κ2) is 27.1. The van der Waals surface area contributed by atoms with Crippen LogP contribution in [0, 0.1) is 35.5 Å². The van der Waals surface area contributed by atoms with E-state index < -0.39 is 70.8 Å². The third kappa shape index (κ3) is 14.4. The van der Waals surface area contributed by atoms with Gasteiger partial charge in [-0.15, -0.1) is 6.58 Å². The van der Waals surface area contributed by atoms with E-state index in [9.17, 15) is 19.2 Å². The predicted molar refractivity (Wildman–Crippen MR) is 273 cm³/mol. The molecule has 4 rings (SSSR count). The van der Waals surface area contributed by atoms with Gasteiger partial charge in [-0.3, -0.25) is 19.2 Å². The molecule has 14 heteroatoms. The fraction of sp³-hybridized carbons (Fsp3) is 0.737. The number of fused-ring (bicyclic) bond motifs is 3. The molecule has 1 aliphatic carbocycles.